The van der Waals surface area contributed by atoms with Crippen LogP contribution in [0.3, 0.4) is 0 Å². The van der Waals surface area contributed by atoms with Crippen molar-refractivity contribution in [2.45, 2.75) is 19.8 Å². The van der Waals surface area contributed by atoms with E-state index in [1.165, 1.54) is 6.92 Å². The highest BCUT2D eigenvalue weighted by Crippen LogP contribution is 2.30. The molecule has 68 valence electrons. The molecule has 0 aliphatic rings. The molecule has 0 saturated heterocycles. The SMILES string of the molecule is Cc1[nH]nc(C(F)F)c1C(F)F. The Bertz CT molecular complexity index is 269. The van der Waals surface area contributed by atoms with Crippen molar-refractivity contribution in [2.75, 3.05) is 0 Å². The van der Waals surface area contributed by atoms with Gasteiger partial charge in [0, 0.05) is 5.69 Å². The van der Waals surface area contributed by atoms with Crippen LogP contribution in [0.2, 0.25) is 0 Å². The maximum Gasteiger partial charge on any atom is 0.282 e. The molecule has 1 N–H and O–H groups in total. The third-order valence-corrected chi connectivity index (χ3v) is 1.45. The number of H-pyrrole nitrogens is 1. The smallest absolute Gasteiger partial charge is 0.282 e. The van der Waals surface area contributed by atoms with Crippen LogP contribution in [0.1, 0.15) is 29.8 Å². The van der Waals surface area contributed by atoms with Gasteiger partial charge in [-0.3, -0.25) is 5.10 Å². The number of nitrogens with zero attached hydrogens (tertiary/aromatic N) is 1. The second kappa shape index (κ2) is 3.12. The Balaban J connectivity index is 3.12. The Morgan fingerprint density at radius 3 is 2.08 bits per heavy atom. The first-order chi connectivity index (χ1) is 5.54. The molecular weight excluding hydrogens is 176 g/mol. The number of nitrogens with one attached hydrogen (secondary N) is 1. The second-order valence-electron chi connectivity index (χ2n) is 2.25. The van der Waals surface area contributed by atoms with Crippen molar-refractivity contribution < 1.29 is 17.6 Å². The lowest BCUT2D eigenvalue weighted by molar-refractivity contribution is 0.121. The summed E-state index contributed by atoms with van der Waals surface area (Å²) in [7, 11) is 0. The fourth-order valence-electron chi connectivity index (χ4n) is 0.898. The summed E-state index contributed by atoms with van der Waals surface area (Å²) in [4.78, 5) is 0. The van der Waals surface area contributed by atoms with Gasteiger partial charge < -0.3 is 0 Å². The zero-order valence-electron chi connectivity index (χ0n) is 6.11. The third kappa shape index (κ3) is 1.41. The van der Waals surface area contributed by atoms with Crippen LogP contribution in [0.15, 0.2) is 0 Å². The van der Waals surface area contributed by atoms with E-state index in [1.807, 2.05) is 0 Å². The van der Waals surface area contributed by atoms with Crippen molar-refractivity contribution in [1.29, 1.82) is 0 Å². The summed E-state index contributed by atoms with van der Waals surface area (Å²) in [6, 6.07) is 0. The van der Waals surface area contributed by atoms with Gasteiger partial charge in [-0.1, -0.05) is 0 Å². The molecule has 1 heterocycles. The van der Waals surface area contributed by atoms with Gasteiger partial charge in [0.2, 0.25) is 0 Å². The molecule has 0 spiro atoms. The van der Waals surface area contributed by atoms with Crippen molar-refractivity contribution in [2.24, 2.45) is 0 Å². The minimum Gasteiger partial charge on any atom is -0.282 e. The summed E-state index contributed by atoms with van der Waals surface area (Å²) in [5.74, 6) is 0. The second-order valence-corrected chi connectivity index (χ2v) is 2.25. The van der Waals surface area contributed by atoms with E-state index in [2.05, 4.69) is 10.2 Å². The summed E-state index contributed by atoms with van der Waals surface area (Å²) in [6.07, 6.45) is -5.87. The molecule has 0 aliphatic heterocycles. The van der Waals surface area contributed by atoms with Crippen LogP contribution in [-0.4, -0.2) is 10.2 Å². The molecule has 0 fully saturated rings. The van der Waals surface area contributed by atoms with E-state index in [9.17, 15) is 17.6 Å². The highest BCUT2D eigenvalue weighted by molar-refractivity contribution is 5.26. The highest BCUT2D eigenvalue weighted by atomic mass is 19.3. The highest BCUT2D eigenvalue weighted by Gasteiger charge is 2.24. The molecule has 0 radical (unpaired) electrons. The lowest BCUT2D eigenvalue weighted by Gasteiger charge is -1.99. The number of rotatable bonds is 2. The monoisotopic (exact) mass is 182 g/mol. The van der Waals surface area contributed by atoms with Gasteiger partial charge in [0.05, 0.1) is 5.56 Å². The van der Waals surface area contributed by atoms with Gasteiger partial charge >= 0.3 is 0 Å². The fraction of sp³-hybridized carbons (Fsp3) is 0.500. The molecule has 0 amide bonds. The Morgan fingerprint density at radius 1 is 1.17 bits per heavy atom. The molecule has 1 aromatic rings. The Labute approximate surface area is 65.6 Å². The Morgan fingerprint density at radius 2 is 1.75 bits per heavy atom. The van der Waals surface area contributed by atoms with E-state index in [0.717, 1.165) is 0 Å². The van der Waals surface area contributed by atoms with Crippen molar-refractivity contribution in [3.63, 3.8) is 0 Å². The van der Waals surface area contributed by atoms with Crippen LogP contribution in [0.4, 0.5) is 17.6 Å². The summed E-state index contributed by atoms with van der Waals surface area (Å²) in [5, 5.41) is 5.17. The molecule has 0 saturated carbocycles. The van der Waals surface area contributed by atoms with Crippen LogP contribution >= 0.6 is 0 Å². The van der Waals surface area contributed by atoms with Gasteiger partial charge in [0.1, 0.15) is 5.69 Å². The molecule has 0 aliphatic carbocycles. The van der Waals surface area contributed by atoms with E-state index in [4.69, 9.17) is 0 Å². The predicted molar refractivity (Wildman–Crippen MR) is 33.2 cm³/mol. The van der Waals surface area contributed by atoms with Crippen molar-refractivity contribution in [1.82, 2.24) is 10.2 Å². The first-order valence-corrected chi connectivity index (χ1v) is 3.15. The zero-order valence-corrected chi connectivity index (χ0v) is 6.11. The number of aryl methyl sites for hydroxylation is 1. The normalized spacial score (nSPS) is 11.6. The maximum atomic E-state index is 12.1. The first-order valence-electron chi connectivity index (χ1n) is 3.15. The summed E-state index contributed by atoms with van der Waals surface area (Å²) < 4.78 is 48.1. The van der Waals surface area contributed by atoms with Crippen LogP contribution in [0, 0.1) is 6.92 Å². The first kappa shape index (κ1) is 9.02. The van der Waals surface area contributed by atoms with Crippen molar-refractivity contribution in [3.05, 3.63) is 17.0 Å². The summed E-state index contributed by atoms with van der Waals surface area (Å²) in [6.45, 7) is 1.28. The van der Waals surface area contributed by atoms with Gasteiger partial charge in [-0.25, -0.2) is 17.6 Å². The standard InChI is InChI=1S/C6H6F4N2/c1-2-3(5(7)8)4(6(9)10)12-11-2/h5-6H,1H3,(H,11,12). The topological polar surface area (TPSA) is 28.7 Å². The summed E-state index contributed by atoms with van der Waals surface area (Å²) in [5.41, 5.74) is -1.56. The number of aromatic nitrogens is 2. The maximum absolute atomic E-state index is 12.1. The lowest BCUT2D eigenvalue weighted by Crippen LogP contribution is -1.93. The van der Waals surface area contributed by atoms with Gasteiger partial charge in [-0.15, -0.1) is 0 Å². The zero-order chi connectivity index (χ0) is 9.30. The number of hydrogen-bond acceptors (Lipinski definition) is 1. The van der Waals surface area contributed by atoms with Crippen LogP contribution in [0.5, 0.6) is 0 Å². The van der Waals surface area contributed by atoms with E-state index in [0.29, 0.717) is 0 Å². The molecule has 12 heavy (non-hydrogen) atoms. The summed E-state index contributed by atoms with van der Waals surface area (Å²) >= 11 is 0. The molecule has 2 nitrogen and oxygen atoms in total. The third-order valence-electron chi connectivity index (χ3n) is 1.45. The lowest BCUT2D eigenvalue weighted by atomic mass is 10.2. The average Bonchev–Trinajstić information content (AvgIpc) is 2.30. The van der Waals surface area contributed by atoms with Gasteiger partial charge in [-0.2, -0.15) is 5.10 Å². The van der Waals surface area contributed by atoms with Crippen molar-refractivity contribution in [3.8, 4) is 0 Å². The van der Waals surface area contributed by atoms with Gasteiger partial charge in [-0.05, 0) is 6.92 Å². The van der Waals surface area contributed by atoms with Gasteiger partial charge in [0.25, 0.3) is 12.9 Å². The Hall–Kier alpha value is -1.07. The predicted octanol–water partition coefficient (Wildman–Crippen LogP) is 2.59. The molecule has 0 atom stereocenters. The van der Waals surface area contributed by atoms with Crippen LogP contribution in [-0.2, 0) is 0 Å². The number of aromatic amines is 1. The van der Waals surface area contributed by atoms with E-state index in [1.54, 1.807) is 0 Å². The Kier molecular flexibility index (Phi) is 2.35. The van der Waals surface area contributed by atoms with E-state index >= 15 is 0 Å². The van der Waals surface area contributed by atoms with Gasteiger partial charge in [0.15, 0.2) is 0 Å². The molecular formula is C6H6F4N2. The fourth-order valence-corrected chi connectivity index (χ4v) is 0.898. The van der Waals surface area contributed by atoms with Crippen LogP contribution in [0.25, 0.3) is 0 Å². The van der Waals surface area contributed by atoms with Crippen molar-refractivity contribution >= 4 is 0 Å². The number of halogens is 4. The quantitative estimate of drug-likeness (QED) is 0.699. The minimum absolute atomic E-state index is 0.0136. The number of alkyl halides is 4. The van der Waals surface area contributed by atoms with E-state index < -0.39 is 24.1 Å². The molecule has 0 unspecified atom stereocenters. The molecule has 1 aromatic heterocycles. The minimum atomic E-state index is -2.96. The number of hydrogen-bond donors (Lipinski definition) is 1. The molecule has 0 bridgehead atoms. The molecule has 0 aromatic carbocycles. The van der Waals surface area contributed by atoms with E-state index in [-0.39, 0.29) is 5.69 Å². The largest absolute Gasteiger partial charge is 0.282 e. The van der Waals surface area contributed by atoms with Crippen LogP contribution < -0.4 is 0 Å². The molecule has 6 heteroatoms. The molecule has 1 rings (SSSR count). The average molecular weight is 182 g/mol.